The molecule has 0 aromatic heterocycles. The van der Waals surface area contributed by atoms with E-state index in [1.54, 1.807) is 60.7 Å². The van der Waals surface area contributed by atoms with Gasteiger partial charge in [-0.1, -0.05) is 6.08 Å². The van der Waals surface area contributed by atoms with Crippen molar-refractivity contribution in [1.29, 1.82) is 0 Å². The van der Waals surface area contributed by atoms with Crippen LogP contribution in [0.25, 0.3) is 6.08 Å². The van der Waals surface area contributed by atoms with Crippen molar-refractivity contribution >= 4 is 40.3 Å². The number of benzene rings is 3. The van der Waals surface area contributed by atoms with Gasteiger partial charge in [0.05, 0.1) is 27.4 Å². The number of hydrogen-bond acceptors (Lipinski definition) is 12. The van der Waals surface area contributed by atoms with Crippen LogP contribution in [-0.4, -0.2) is 62.4 Å². The Morgan fingerprint density at radius 3 is 2.30 bits per heavy atom. The average Bonchev–Trinajstić information content (AvgIpc) is 2.97. The highest BCUT2D eigenvalue weighted by Crippen LogP contribution is 2.40. The highest BCUT2D eigenvalue weighted by atomic mass is 16.5. The first-order chi connectivity index (χ1) is 19.5. The Hall–Kier alpha value is -4.94. The maximum absolute atomic E-state index is 12.9. The Morgan fingerprint density at radius 1 is 0.825 bits per heavy atom. The lowest BCUT2D eigenvalue weighted by Gasteiger charge is -2.15. The highest BCUT2D eigenvalue weighted by molar-refractivity contribution is 6.52. The van der Waals surface area contributed by atoms with Crippen molar-refractivity contribution in [2.45, 2.75) is 0 Å². The molecule has 0 amide bonds. The van der Waals surface area contributed by atoms with Crippen molar-refractivity contribution in [3.05, 3.63) is 65.7 Å². The van der Waals surface area contributed by atoms with Gasteiger partial charge in [-0.3, -0.25) is 10.2 Å². The molecule has 4 rings (SSSR count). The summed E-state index contributed by atoms with van der Waals surface area (Å²) in [7, 11) is 2.97. The molecule has 0 unspecified atom stereocenters. The molecular formula is C28H29N5O7. The van der Waals surface area contributed by atoms with Crippen LogP contribution < -0.4 is 30.1 Å². The Kier molecular flexibility index (Phi) is 9.28. The standard InChI is InChI=1S/C28H29N5O7/c1-37-25-14-19(39-11-9-34)5-8-21(25)30-32-23-16-27(40-12-10-35)24(15-26(23)38-2)33-31-22-7-3-17-13-18(29)4-6-20(17)28(22)36/h3-8,13-16,33-35H,9-12,29H2,1-2H3/b31-22-,32-30+. The van der Waals surface area contributed by atoms with Crippen molar-refractivity contribution in [2.75, 3.05) is 51.8 Å². The predicted octanol–water partition coefficient (Wildman–Crippen LogP) is 4.12. The number of aliphatic hydroxyl groups excluding tert-OH is 2. The number of fused-ring (bicyclic) bond motifs is 1. The van der Waals surface area contributed by atoms with E-state index in [2.05, 4.69) is 20.8 Å². The number of hydrazone groups is 1. The minimum atomic E-state index is -0.262. The fraction of sp³-hybridized carbons (Fsp3) is 0.214. The average molecular weight is 548 g/mol. The molecule has 3 aromatic rings. The largest absolute Gasteiger partial charge is 0.494 e. The normalized spacial score (nSPS) is 13.4. The predicted molar refractivity (Wildman–Crippen MR) is 151 cm³/mol. The third kappa shape index (κ3) is 6.54. The molecular weight excluding hydrogens is 518 g/mol. The zero-order valence-corrected chi connectivity index (χ0v) is 22.0. The molecule has 0 aliphatic heterocycles. The number of carbonyl (C=O) groups excluding carboxylic acids is 1. The number of nitrogens with two attached hydrogens (primary N) is 1. The summed E-state index contributed by atoms with van der Waals surface area (Å²) in [4.78, 5) is 12.9. The second-order valence-corrected chi connectivity index (χ2v) is 8.32. The number of Topliss-reactive ketones (excluding diaryl/α,β-unsaturated/α-hetero) is 1. The van der Waals surface area contributed by atoms with E-state index >= 15 is 0 Å². The number of nitrogens with one attached hydrogen (secondary N) is 1. The van der Waals surface area contributed by atoms with E-state index < -0.39 is 0 Å². The van der Waals surface area contributed by atoms with Gasteiger partial charge in [-0.2, -0.15) is 5.10 Å². The molecule has 0 saturated heterocycles. The summed E-state index contributed by atoms with van der Waals surface area (Å²) in [5.41, 5.74) is 11.8. The summed E-state index contributed by atoms with van der Waals surface area (Å²) in [6, 6.07) is 13.2. The first-order valence-electron chi connectivity index (χ1n) is 12.2. The van der Waals surface area contributed by atoms with E-state index in [4.69, 9.17) is 29.8 Å². The maximum Gasteiger partial charge on any atom is 0.213 e. The van der Waals surface area contributed by atoms with Crippen LogP contribution in [0, 0.1) is 0 Å². The van der Waals surface area contributed by atoms with E-state index in [9.17, 15) is 9.90 Å². The van der Waals surface area contributed by atoms with Gasteiger partial charge in [0.15, 0.2) is 0 Å². The van der Waals surface area contributed by atoms with E-state index in [1.807, 2.05) is 0 Å². The summed E-state index contributed by atoms with van der Waals surface area (Å²) in [6.07, 6.45) is 3.36. The molecule has 0 fully saturated rings. The third-order valence-electron chi connectivity index (χ3n) is 5.68. The SMILES string of the molecule is COc1cc(OCCO)ccc1/N=N/c1cc(OCCO)c(N/N=C2/C=Cc3cc(N)ccc3C2=O)cc1OC. The number of aliphatic hydroxyl groups is 2. The Morgan fingerprint density at radius 2 is 1.55 bits per heavy atom. The number of ketones is 1. The van der Waals surface area contributed by atoms with Crippen molar-refractivity contribution in [3.8, 4) is 23.0 Å². The lowest BCUT2D eigenvalue weighted by atomic mass is 9.94. The van der Waals surface area contributed by atoms with Crippen molar-refractivity contribution in [3.63, 3.8) is 0 Å². The van der Waals surface area contributed by atoms with Gasteiger partial charge < -0.3 is 34.9 Å². The Bertz CT molecular complexity index is 1470. The molecule has 12 heteroatoms. The lowest BCUT2D eigenvalue weighted by Crippen LogP contribution is -2.18. The summed E-state index contributed by atoms with van der Waals surface area (Å²) >= 11 is 0. The van der Waals surface area contributed by atoms with Crippen LogP contribution in [0.5, 0.6) is 23.0 Å². The number of rotatable bonds is 12. The number of azo groups is 1. The molecule has 40 heavy (non-hydrogen) atoms. The molecule has 1 aliphatic rings. The molecule has 0 radical (unpaired) electrons. The van der Waals surface area contributed by atoms with Crippen LogP contribution in [0.15, 0.2) is 69.9 Å². The Labute approximate surface area is 230 Å². The maximum atomic E-state index is 12.9. The number of carbonyl (C=O) groups is 1. The number of anilines is 2. The first-order valence-corrected chi connectivity index (χ1v) is 12.2. The molecule has 5 N–H and O–H groups in total. The zero-order chi connectivity index (χ0) is 28.5. The third-order valence-corrected chi connectivity index (χ3v) is 5.68. The monoisotopic (exact) mass is 547 g/mol. The van der Waals surface area contributed by atoms with Crippen molar-refractivity contribution in [2.24, 2.45) is 15.3 Å². The van der Waals surface area contributed by atoms with Gasteiger partial charge >= 0.3 is 0 Å². The van der Waals surface area contributed by atoms with Gasteiger partial charge in [0.1, 0.15) is 59.0 Å². The van der Waals surface area contributed by atoms with Gasteiger partial charge in [0.25, 0.3) is 0 Å². The number of nitrogen functional groups attached to an aromatic ring is 1. The topological polar surface area (TPSA) is 170 Å². The molecule has 0 saturated carbocycles. The molecule has 0 bridgehead atoms. The van der Waals surface area contributed by atoms with Gasteiger partial charge in [-0.25, -0.2) is 0 Å². The fourth-order valence-corrected chi connectivity index (χ4v) is 3.77. The van der Waals surface area contributed by atoms with Crippen LogP contribution in [-0.2, 0) is 0 Å². The van der Waals surface area contributed by atoms with Gasteiger partial charge in [0.2, 0.25) is 5.78 Å². The van der Waals surface area contributed by atoms with Crippen LogP contribution in [0.1, 0.15) is 15.9 Å². The van der Waals surface area contributed by atoms with E-state index in [0.29, 0.717) is 51.3 Å². The second kappa shape index (κ2) is 13.2. The molecule has 208 valence electrons. The summed E-state index contributed by atoms with van der Waals surface area (Å²) < 4.78 is 22.0. The lowest BCUT2D eigenvalue weighted by molar-refractivity contribution is 0.106. The van der Waals surface area contributed by atoms with Crippen LogP contribution in [0.4, 0.5) is 22.7 Å². The fourth-order valence-electron chi connectivity index (χ4n) is 3.77. The summed E-state index contributed by atoms with van der Waals surface area (Å²) in [6.45, 7) is -0.181. The summed E-state index contributed by atoms with van der Waals surface area (Å²) in [5, 5.41) is 31.1. The number of ether oxygens (including phenoxy) is 4. The van der Waals surface area contributed by atoms with E-state index in [-0.39, 0.29) is 37.9 Å². The number of hydrogen-bond donors (Lipinski definition) is 4. The molecule has 0 atom stereocenters. The molecule has 0 heterocycles. The van der Waals surface area contributed by atoms with Crippen molar-refractivity contribution < 1.29 is 34.0 Å². The summed E-state index contributed by atoms with van der Waals surface area (Å²) in [5.74, 6) is 1.31. The minimum Gasteiger partial charge on any atom is -0.494 e. The molecule has 1 aliphatic carbocycles. The van der Waals surface area contributed by atoms with E-state index in [0.717, 1.165) is 5.56 Å². The smallest absolute Gasteiger partial charge is 0.213 e. The van der Waals surface area contributed by atoms with Gasteiger partial charge in [-0.15, -0.1) is 10.2 Å². The van der Waals surface area contributed by atoms with Crippen molar-refractivity contribution in [1.82, 2.24) is 0 Å². The number of nitrogens with zero attached hydrogens (tertiary/aromatic N) is 3. The zero-order valence-electron chi connectivity index (χ0n) is 22.0. The molecule has 0 spiro atoms. The van der Waals surface area contributed by atoms with Crippen LogP contribution in [0.2, 0.25) is 0 Å². The van der Waals surface area contributed by atoms with Gasteiger partial charge in [0, 0.05) is 29.4 Å². The second-order valence-electron chi connectivity index (χ2n) is 8.32. The first kappa shape index (κ1) is 28.1. The number of allylic oxidation sites excluding steroid dienone is 1. The number of methoxy groups -OCH3 is 2. The van der Waals surface area contributed by atoms with Crippen LogP contribution in [0.3, 0.4) is 0 Å². The van der Waals surface area contributed by atoms with Gasteiger partial charge in [-0.05, 0) is 42.0 Å². The molecule has 3 aromatic carbocycles. The van der Waals surface area contributed by atoms with E-state index in [1.165, 1.54) is 14.2 Å². The minimum absolute atomic E-state index is 0.00488. The van der Waals surface area contributed by atoms with Crippen LogP contribution >= 0.6 is 0 Å². The Balaban J connectivity index is 1.62. The molecule has 12 nitrogen and oxygen atoms in total. The highest BCUT2D eigenvalue weighted by Gasteiger charge is 2.20. The quantitative estimate of drug-likeness (QED) is 0.148.